The van der Waals surface area contributed by atoms with Crippen molar-refractivity contribution < 1.29 is 24.9 Å². The summed E-state index contributed by atoms with van der Waals surface area (Å²) in [5, 5.41) is 13.5. The maximum atomic E-state index is 13.0. The molecule has 176 valence electrons. The van der Waals surface area contributed by atoms with Gasteiger partial charge in [0.25, 0.3) is 0 Å². The van der Waals surface area contributed by atoms with Gasteiger partial charge in [-0.15, -0.1) is 12.4 Å². The summed E-state index contributed by atoms with van der Waals surface area (Å²) >= 11 is 0. The highest BCUT2D eigenvalue weighted by atomic mass is 35.5. The quantitative estimate of drug-likeness (QED) is 0.687. The second-order valence-electron chi connectivity index (χ2n) is 8.54. The number of methoxy groups -OCH3 is 2. The molecule has 0 spiro atoms. The number of piperidine rings is 1. The third kappa shape index (κ3) is 3.78. The van der Waals surface area contributed by atoms with Crippen LogP contribution in [-0.4, -0.2) is 61.0 Å². The molecule has 32 heavy (non-hydrogen) atoms. The fourth-order valence-corrected chi connectivity index (χ4v) is 5.12. The summed E-state index contributed by atoms with van der Waals surface area (Å²) < 4.78 is 13.5. The van der Waals surface area contributed by atoms with E-state index in [-0.39, 0.29) is 29.5 Å². The Bertz CT molecular complexity index is 1070. The predicted octanol–water partition coefficient (Wildman–Crippen LogP) is 1.84. The molecule has 10 heteroatoms. The number of aromatic nitrogens is 1. The molecule has 2 saturated heterocycles. The van der Waals surface area contributed by atoms with Crippen molar-refractivity contribution in [2.45, 2.75) is 37.8 Å². The third-order valence-corrected chi connectivity index (χ3v) is 6.72. The molecule has 0 amide bonds. The number of anilines is 1. The van der Waals surface area contributed by atoms with Gasteiger partial charge in [-0.3, -0.25) is 4.79 Å². The Kier molecular flexibility index (Phi) is 6.92. The highest BCUT2D eigenvalue weighted by molar-refractivity contribution is 5.99. The van der Waals surface area contributed by atoms with E-state index in [0.29, 0.717) is 34.4 Å². The van der Waals surface area contributed by atoms with Crippen LogP contribution in [0.2, 0.25) is 0 Å². The number of fused-ring (bicyclic) bond motifs is 2. The Balaban J connectivity index is 0.00000144. The van der Waals surface area contributed by atoms with E-state index < -0.39 is 11.4 Å². The topological polar surface area (TPSA) is 125 Å². The van der Waals surface area contributed by atoms with Crippen molar-refractivity contribution in [1.82, 2.24) is 9.88 Å². The Morgan fingerprint density at radius 2 is 1.94 bits per heavy atom. The summed E-state index contributed by atoms with van der Waals surface area (Å²) in [7, 11) is 3.18. The Morgan fingerprint density at radius 3 is 2.53 bits per heavy atom. The van der Waals surface area contributed by atoms with Gasteiger partial charge in [-0.25, -0.2) is 4.79 Å². The molecular formula is C22H30ClN3O6. The number of carboxylic acid groups (broad SMARTS) is 1. The molecule has 3 heterocycles. The van der Waals surface area contributed by atoms with E-state index in [9.17, 15) is 14.7 Å². The molecule has 2 aliphatic heterocycles. The molecular weight excluding hydrogens is 438 g/mol. The normalized spacial score (nSPS) is 22.0. The summed E-state index contributed by atoms with van der Waals surface area (Å²) in [5.74, 6) is 0.487. The Labute approximate surface area is 192 Å². The number of hydrogen-bond donors (Lipinski definition) is 2. The van der Waals surface area contributed by atoms with Crippen LogP contribution in [0.3, 0.4) is 0 Å². The van der Waals surface area contributed by atoms with Crippen LogP contribution in [0.25, 0.3) is 10.9 Å². The minimum absolute atomic E-state index is 0. The number of rotatable bonds is 5. The van der Waals surface area contributed by atoms with Crippen LogP contribution in [0, 0.1) is 5.92 Å². The number of nitrogens with zero attached hydrogens (tertiary/aromatic N) is 2. The van der Waals surface area contributed by atoms with Gasteiger partial charge in [-0.05, 0) is 44.2 Å². The van der Waals surface area contributed by atoms with Crippen molar-refractivity contribution in [3.05, 3.63) is 28.0 Å². The lowest BCUT2D eigenvalue weighted by atomic mass is 9.94. The van der Waals surface area contributed by atoms with E-state index in [0.717, 1.165) is 38.2 Å². The van der Waals surface area contributed by atoms with Crippen LogP contribution in [0.5, 0.6) is 11.5 Å². The molecule has 4 N–H and O–H groups in total. The molecule has 1 saturated carbocycles. The highest BCUT2D eigenvalue weighted by Crippen LogP contribution is 2.48. The van der Waals surface area contributed by atoms with Crippen LogP contribution >= 0.6 is 12.4 Å². The lowest BCUT2D eigenvalue weighted by Crippen LogP contribution is -2.40. The van der Waals surface area contributed by atoms with Crippen molar-refractivity contribution in [2.24, 2.45) is 5.92 Å². The van der Waals surface area contributed by atoms with Crippen LogP contribution in [-0.2, 0) is 0 Å². The molecule has 1 aromatic carbocycles. The fourth-order valence-electron chi connectivity index (χ4n) is 5.12. The first kappa shape index (κ1) is 24.2. The highest BCUT2D eigenvalue weighted by Gasteiger charge is 2.38. The van der Waals surface area contributed by atoms with Gasteiger partial charge in [-0.1, -0.05) is 0 Å². The minimum Gasteiger partial charge on any atom is -0.494 e. The second-order valence-corrected chi connectivity index (χ2v) is 8.54. The van der Waals surface area contributed by atoms with Crippen molar-refractivity contribution >= 4 is 35.0 Å². The summed E-state index contributed by atoms with van der Waals surface area (Å²) in [5.41, 5.74) is 0.783. The van der Waals surface area contributed by atoms with E-state index in [4.69, 9.17) is 9.47 Å². The maximum absolute atomic E-state index is 13.0. The summed E-state index contributed by atoms with van der Waals surface area (Å²) in [6.45, 7) is 2.79. The van der Waals surface area contributed by atoms with Crippen LogP contribution in [0.15, 0.2) is 17.1 Å². The van der Waals surface area contributed by atoms with Gasteiger partial charge in [-0.2, -0.15) is 0 Å². The number of nitrogens with one attached hydrogen (secondary N) is 1. The number of carbonyl (C=O) groups is 1. The predicted molar refractivity (Wildman–Crippen MR) is 124 cm³/mol. The Morgan fingerprint density at radius 1 is 1.19 bits per heavy atom. The molecule has 9 nitrogen and oxygen atoms in total. The van der Waals surface area contributed by atoms with E-state index in [1.807, 2.05) is 4.57 Å². The first-order valence-corrected chi connectivity index (χ1v) is 10.6. The van der Waals surface area contributed by atoms with Gasteiger partial charge < -0.3 is 34.8 Å². The first-order valence-electron chi connectivity index (χ1n) is 10.6. The number of halogens is 1. The summed E-state index contributed by atoms with van der Waals surface area (Å²) in [6, 6.07) is 2.31. The summed E-state index contributed by atoms with van der Waals surface area (Å²) in [6.07, 6.45) is 5.77. The van der Waals surface area contributed by atoms with Crippen molar-refractivity contribution in [1.29, 1.82) is 0 Å². The zero-order valence-corrected chi connectivity index (χ0v) is 19.0. The van der Waals surface area contributed by atoms with Gasteiger partial charge in [0.1, 0.15) is 17.0 Å². The van der Waals surface area contributed by atoms with E-state index >= 15 is 0 Å². The molecule has 3 fully saturated rings. The van der Waals surface area contributed by atoms with Crippen LogP contribution < -0.4 is 25.1 Å². The van der Waals surface area contributed by atoms with Crippen LogP contribution in [0.4, 0.5) is 5.69 Å². The monoisotopic (exact) mass is 467 g/mol. The van der Waals surface area contributed by atoms with E-state index in [1.165, 1.54) is 19.0 Å². The number of pyridine rings is 1. The smallest absolute Gasteiger partial charge is 0.341 e. The molecule has 2 aromatic rings. The van der Waals surface area contributed by atoms with Crippen molar-refractivity contribution in [3.63, 3.8) is 0 Å². The number of ether oxygens (including phenoxy) is 2. The van der Waals surface area contributed by atoms with E-state index in [1.54, 1.807) is 20.3 Å². The summed E-state index contributed by atoms with van der Waals surface area (Å²) in [4.78, 5) is 27.0. The minimum atomic E-state index is -1.21. The van der Waals surface area contributed by atoms with Gasteiger partial charge in [0.05, 0.1) is 25.1 Å². The lowest BCUT2D eigenvalue weighted by Gasteiger charge is -2.26. The maximum Gasteiger partial charge on any atom is 0.341 e. The number of benzene rings is 1. The average molecular weight is 468 g/mol. The molecule has 5 rings (SSSR count). The number of carboxylic acids is 1. The first-order chi connectivity index (χ1) is 14.5. The lowest BCUT2D eigenvalue weighted by molar-refractivity contribution is 0.0695. The zero-order chi connectivity index (χ0) is 21.0. The van der Waals surface area contributed by atoms with Crippen molar-refractivity contribution in [3.8, 4) is 11.5 Å². The van der Waals surface area contributed by atoms with Gasteiger partial charge >= 0.3 is 5.97 Å². The SMILES string of the molecule is COc1cc2c(=O)c(C(=O)O)cn(C3CC3)c2c(OC)c1N1CC2CCCNC2C1.Cl.O. The largest absolute Gasteiger partial charge is 0.494 e. The standard InChI is InChI=1S/C22H27N3O5.ClH.H2O/c1-29-17-8-14-18(25(13-5-6-13)10-15(20(14)26)22(27)28)21(30-2)19(17)24-9-12-4-3-7-23-16(12)11-24;;/h8,10,12-13,16,23H,3-7,9,11H2,1-2H3,(H,27,28);1H;1H2. The van der Waals surface area contributed by atoms with E-state index in [2.05, 4.69) is 10.2 Å². The van der Waals surface area contributed by atoms with Crippen molar-refractivity contribution in [2.75, 3.05) is 38.8 Å². The molecule has 2 atom stereocenters. The molecule has 0 radical (unpaired) electrons. The van der Waals surface area contributed by atoms with Gasteiger partial charge in [0, 0.05) is 31.4 Å². The number of hydrogen-bond acceptors (Lipinski definition) is 6. The van der Waals surface area contributed by atoms with Crippen LogP contribution in [0.1, 0.15) is 42.1 Å². The zero-order valence-electron chi connectivity index (χ0n) is 18.2. The molecule has 0 bridgehead atoms. The van der Waals surface area contributed by atoms with Gasteiger partial charge in [0.2, 0.25) is 5.43 Å². The molecule has 1 aliphatic carbocycles. The third-order valence-electron chi connectivity index (χ3n) is 6.72. The molecule has 3 aliphatic rings. The van der Waals surface area contributed by atoms with Gasteiger partial charge in [0.15, 0.2) is 5.75 Å². The Hall–Kier alpha value is -2.49. The average Bonchev–Trinajstić information content (AvgIpc) is 3.50. The molecule has 2 unspecified atom stereocenters. The molecule has 1 aromatic heterocycles. The number of aromatic carboxylic acids is 1. The second kappa shape index (κ2) is 9.17. The fraction of sp³-hybridized carbons (Fsp3) is 0.545.